The molecule has 2 rings (SSSR count). The molecule has 5 heteroatoms. The molecule has 1 aliphatic carbocycles. The van der Waals surface area contributed by atoms with Crippen molar-refractivity contribution in [1.29, 1.82) is 0 Å². The zero-order valence-electron chi connectivity index (χ0n) is 11.9. The fourth-order valence-corrected chi connectivity index (χ4v) is 2.87. The number of carbonyl (C=O) groups excluding carboxylic acids is 1. The molecule has 0 saturated carbocycles. The lowest BCUT2D eigenvalue weighted by atomic mass is 9.72. The highest BCUT2D eigenvalue weighted by Crippen LogP contribution is 2.42. The lowest BCUT2D eigenvalue weighted by Crippen LogP contribution is -2.53. The van der Waals surface area contributed by atoms with Crippen molar-refractivity contribution in [2.75, 3.05) is 13.1 Å². The molecule has 2 atom stereocenters. The average molecular weight is 268 g/mol. The first kappa shape index (κ1) is 14.3. The van der Waals surface area contributed by atoms with E-state index in [9.17, 15) is 9.90 Å². The Hall–Kier alpha value is -1.07. The molecule has 2 aliphatic rings. The van der Waals surface area contributed by atoms with Gasteiger partial charge in [-0.2, -0.15) is 0 Å². The number of hydrogen-bond acceptors (Lipinski definition) is 4. The fourth-order valence-electron chi connectivity index (χ4n) is 2.87. The molecule has 1 aliphatic heterocycles. The lowest BCUT2D eigenvalue weighted by molar-refractivity contribution is -0.0160. The second-order valence-corrected chi connectivity index (χ2v) is 6.56. The van der Waals surface area contributed by atoms with Gasteiger partial charge in [0, 0.05) is 24.5 Å². The summed E-state index contributed by atoms with van der Waals surface area (Å²) in [5.74, 6) is 0. The second kappa shape index (κ2) is 4.80. The summed E-state index contributed by atoms with van der Waals surface area (Å²) in [6, 6.07) is -0.122. The number of carbonyl (C=O) groups is 1. The van der Waals surface area contributed by atoms with Crippen LogP contribution in [0, 0.1) is 5.41 Å². The number of rotatable bonds is 0. The van der Waals surface area contributed by atoms with E-state index < -0.39 is 11.7 Å². The fraction of sp³-hybridized carbons (Fsp3) is 0.786. The number of nitrogens with two attached hydrogens (primary N) is 1. The van der Waals surface area contributed by atoms with Crippen molar-refractivity contribution in [3.63, 3.8) is 0 Å². The van der Waals surface area contributed by atoms with Crippen LogP contribution >= 0.6 is 0 Å². The smallest absolute Gasteiger partial charge is 0.410 e. The molecule has 0 radical (unpaired) electrons. The van der Waals surface area contributed by atoms with E-state index in [2.05, 4.69) is 0 Å². The Labute approximate surface area is 114 Å². The van der Waals surface area contributed by atoms with Crippen LogP contribution in [0.15, 0.2) is 12.2 Å². The molecule has 108 valence electrons. The van der Waals surface area contributed by atoms with Gasteiger partial charge in [-0.25, -0.2) is 4.79 Å². The summed E-state index contributed by atoms with van der Waals surface area (Å²) in [5.41, 5.74) is 5.31. The molecular formula is C14H24N2O3. The second-order valence-electron chi connectivity index (χ2n) is 6.56. The van der Waals surface area contributed by atoms with Gasteiger partial charge in [-0.05, 0) is 33.6 Å². The van der Waals surface area contributed by atoms with Crippen molar-refractivity contribution in [3.8, 4) is 0 Å². The number of aliphatic hydroxyl groups is 1. The molecule has 0 aromatic heterocycles. The Morgan fingerprint density at radius 1 is 1.37 bits per heavy atom. The predicted molar refractivity (Wildman–Crippen MR) is 72.6 cm³/mol. The first-order valence-electron chi connectivity index (χ1n) is 6.84. The average Bonchev–Trinajstić information content (AvgIpc) is 2.57. The molecular weight excluding hydrogens is 244 g/mol. The van der Waals surface area contributed by atoms with Gasteiger partial charge in [0.05, 0.1) is 6.10 Å². The molecule has 0 aromatic carbocycles. The Morgan fingerprint density at radius 3 is 2.37 bits per heavy atom. The number of hydrogen-bond donors (Lipinski definition) is 2. The van der Waals surface area contributed by atoms with Crippen LogP contribution < -0.4 is 5.73 Å². The number of aliphatic hydroxyl groups excluding tert-OH is 1. The Morgan fingerprint density at radius 2 is 1.95 bits per heavy atom. The van der Waals surface area contributed by atoms with E-state index in [0.717, 1.165) is 0 Å². The zero-order valence-corrected chi connectivity index (χ0v) is 11.9. The van der Waals surface area contributed by atoms with Gasteiger partial charge in [0.2, 0.25) is 0 Å². The van der Waals surface area contributed by atoms with Crippen LogP contribution in [-0.4, -0.2) is 46.9 Å². The summed E-state index contributed by atoms with van der Waals surface area (Å²) in [6.07, 6.45) is 4.28. The van der Waals surface area contributed by atoms with Gasteiger partial charge in [-0.15, -0.1) is 0 Å². The van der Waals surface area contributed by atoms with Crippen LogP contribution in [0.3, 0.4) is 0 Å². The highest BCUT2D eigenvalue weighted by Gasteiger charge is 2.47. The third-order valence-corrected chi connectivity index (χ3v) is 4.10. The van der Waals surface area contributed by atoms with Crippen molar-refractivity contribution in [3.05, 3.63) is 12.2 Å². The van der Waals surface area contributed by atoms with Gasteiger partial charge in [0.15, 0.2) is 0 Å². The van der Waals surface area contributed by atoms with Crippen molar-refractivity contribution >= 4 is 6.09 Å². The SMILES string of the molecule is CC(C)(C)OC(=O)N1CCC2(CC1)[C@H](N)C=C[C@@H]2O. The number of likely N-dealkylation sites (tertiary alicyclic amines) is 1. The van der Waals surface area contributed by atoms with Gasteiger partial charge >= 0.3 is 6.09 Å². The Kier molecular flexibility index (Phi) is 3.62. The number of ether oxygens (including phenoxy) is 1. The van der Waals surface area contributed by atoms with Crippen molar-refractivity contribution < 1.29 is 14.6 Å². The maximum atomic E-state index is 12.0. The highest BCUT2D eigenvalue weighted by molar-refractivity contribution is 5.68. The number of nitrogens with zero attached hydrogens (tertiary/aromatic N) is 1. The third kappa shape index (κ3) is 2.77. The maximum absolute atomic E-state index is 12.0. The molecule has 1 heterocycles. The largest absolute Gasteiger partial charge is 0.444 e. The van der Waals surface area contributed by atoms with Crippen LogP contribution in [0.1, 0.15) is 33.6 Å². The molecule has 19 heavy (non-hydrogen) atoms. The van der Waals surface area contributed by atoms with E-state index in [-0.39, 0.29) is 17.6 Å². The molecule has 0 aromatic rings. The van der Waals surface area contributed by atoms with E-state index in [0.29, 0.717) is 25.9 Å². The molecule has 1 amide bonds. The molecule has 1 fully saturated rings. The first-order chi connectivity index (χ1) is 8.74. The van der Waals surface area contributed by atoms with E-state index in [1.807, 2.05) is 26.8 Å². The van der Waals surface area contributed by atoms with Gasteiger partial charge in [0.1, 0.15) is 5.60 Å². The van der Waals surface area contributed by atoms with E-state index in [1.165, 1.54) is 0 Å². The molecule has 0 unspecified atom stereocenters. The lowest BCUT2D eigenvalue weighted by Gasteiger charge is -2.44. The minimum Gasteiger partial charge on any atom is -0.444 e. The summed E-state index contributed by atoms with van der Waals surface area (Å²) in [6.45, 7) is 6.74. The summed E-state index contributed by atoms with van der Waals surface area (Å²) >= 11 is 0. The molecule has 1 saturated heterocycles. The number of amides is 1. The minimum atomic E-state index is -0.497. The Bertz CT molecular complexity index is 365. The van der Waals surface area contributed by atoms with Gasteiger partial charge in [-0.1, -0.05) is 12.2 Å². The van der Waals surface area contributed by atoms with Crippen LogP contribution in [0.2, 0.25) is 0 Å². The quantitative estimate of drug-likeness (QED) is 0.649. The minimum absolute atomic E-state index is 0.122. The summed E-state index contributed by atoms with van der Waals surface area (Å²) in [4.78, 5) is 13.7. The van der Waals surface area contributed by atoms with Crippen molar-refractivity contribution in [2.45, 2.75) is 51.4 Å². The van der Waals surface area contributed by atoms with Crippen LogP contribution in [0.25, 0.3) is 0 Å². The molecule has 5 nitrogen and oxygen atoms in total. The highest BCUT2D eigenvalue weighted by atomic mass is 16.6. The summed E-state index contributed by atoms with van der Waals surface area (Å²) in [5, 5.41) is 10.1. The predicted octanol–water partition coefficient (Wildman–Crippen LogP) is 1.26. The van der Waals surface area contributed by atoms with E-state index in [1.54, 1.807) is 11.0 Å². The standard InChI is InChI=1S/C14H24N2O3/c1-13(2,3)19-12(18)16-8-6-14(7-9-16)10(15)4-5-11(14)17/h4-5,10-11,17H,6-9,15H2,1-3H3/t10-,11+/m1/s1. The topological polar surface area (TPSA) is 75.8 Å². The third-order valence-electron chi connectivity index (χ3n) is 4.10. The number of piperidine rings is 1. The first-order valence-corrected chi connectivity index (χ1v) is 6.84. The van der Waals surface area contributed by atoms with Crippen LogP contribution in [0.4, 0.5) is 4.79 Å². The molecule has 3 N–H and O–H groups in total. The maximum Gasteiger partial charge on any atom is 0.410 e. The molecule has 0 bridgehead atoms. The van der Waals surface area contributed by atoms with Crippen LogP contribution in [-0.2, 0) is 4.74 Å². The molecule has 1 spiro atoms. The van der Waals surface area contributed by atoms with E-state index >= 15 is 0 Å². The van der Waals surface area contributed by atoms with Crippen LogP contribution in [0.5, 0.6) is 0 Å². The van der Waals surface area contributed by atoms with Crippen molar-refractivity contribution in [2.24, 2.45) is 11.1 Å². The monoisotopic (exact) mass is 268 g/mol. The summed E-state index contributed by atoms with van der Waals surface area (Å²) in [7, 11) is 0. The van der Waals surface area contributed by atoms with Gasteiger partial charge in [0.25, 0.3) is 0 Å². The van der Waals surface area contributed by atoms with Gasteiger partial charge < -0.3 is 20.5 Å². The van der Waals surface area contributed by atoms with Gasteiger partial charge in [-0.3, -0.25) is 0 Å². The Balaban J connectivity index is 1.94. The zero-order chi connectivity index (χ0) is 14.3. The summed E-state index contributed by atoms with van der Waals surface area (Å²) < 4.78 is 5.36. The van der Waals surface area contributed by atoms with Crippen molar-refractivity contribution in [1.82, 2.24) is 4.90 Å². The normalized spacial score (nSPS) is 29.8. The van der Waals surface area contributed by atoms with E-state index in [4.69, 9.17) is 10.5 Å².